The smallest absolute Gasteiger partial charge is 0.236 e. The second-order valence-electron chi connectivity index (χ2n) is 5.52. The van der Waals surface area contributed by atoms with Crippen molar-refractivity contribution in [3.8, 4) is 0 Å². The molecule has 1 heterocycles. The maximum Gasteiger partial charge on any atom is 0.236 e. The molecule has 2 rings (SSSR count). The average Bonchev–Trinajstić information content (AvgIpc) is 2.42. The number of carbonyl (C=O) groups excluding carboxylic acids is 1. The second-order valence-corrected chi connectivity index (χ2v) is 5.93. The topological polar surface area (TPSA) is 43.8 Å². The third-order valence-corrected chi connectivity index (χ3v) is 4.03. The van der Waals surface area contributed by atoms with Crippen molar-refractivity contribution in [2.45, 2.75) is 25.5 Å². The van der Waals surface area contributed by atoms with Crippen LogP contribution in [0.2, 0.25) is 5.02 Å². The molecule has 1 amide bonds. The molecule has 4 nitrogen and oxygen atoms in total. The number of hydrogen-bond acceptors (Lipinski definition) is 3. The number of benzene rings is 1. The summed E-state index contributed by atoms with van der Waals surface area (Å²) in [5, 5.41) is 9.82. The number of carbonyl (C=O) groups is 1. The average molecular weight is 315 g/mol. The van der Waals surface area contributed by atoms with E-state index >= 15 is 0 Å². The zero-order valence-electron chi connectivity index (χ0n) is 12.1. The van der Waals surface area contributed by atoms with Crippen molar-refractivity contribution in [3.63, 3.8) is 0 Å². The Labute approximate surface area is 129 Å². The van der Waals surface area contributed by atoms with Crippen LogP contribution in [0.3, 0.4) is 0 Å². The number of likely N-dealkylation sites (tertiary alicyclic amines) is 1. The van der Waals surface area contributed by atoms with E-state index < -0.39 is 0 Å². The Hall–Kier alpha value is -1.17. The Morgan fingerprint density at radius 3 is 2.76 bits per heavy atom. The molecule has 0 radical (unpaired) electrons. The van der Waals surface area contributed by atoms with Crippen molar-refractivity contribution >= 4 is 17.5 Å². The summed E-state index contributed by atoms with van der Waals surface area (Å²) >= 11 is 5.99. The second kappa shape index (κ2) is 7.20. The zero-order chi connectivity index (χ0) is 15.4. The number of aliphatic hydroxyl groups excluding tert-OH is 1. The maximum absolute atomic E-state index is 13.0. The predicted octanol–water partition coefficient (Wildman–Crippen LogP) is 1.89. The fourth-order valence-electron chi connectivity index (χ4n) is 2.44. The van der Waals surface area contributed by atoms with E-state index in [2.05, 4.69) is 0 Å². The minimum atomic E-state index is -0.366. The van der Waals surface area contributed by atoms with E-state index in [0.717, 1.165) is 5.56 Å². The fraction of sp³-hybridized carbons (Fsp3) is 0.533. The van der Waals surface area contributed by atoms with Crippen molar-refractivity contribution in [1.82, 2.24) is 9.80 Å². The quantitative estimate of drug-likeness (QED) is 0.923. The van der Waals surface area contributed by atoms with Gasteiger partial charge in [-0.1, -0.05) is 17.7 Å². The normalized spacial score (nSPS) is 16.5. The summed E-state index contributed by atoms with van der Waals surface area (Å²) in [6.07, 6.45) is 0.989. The summed E-state index contributed by atoms with van der Waals surface area (Å²) in [6.45, 7) is 1.97. The lowest BCUT2D eigenvalue weighted by atomic mass is 10.1. The lowest BCUT2D eigenvalue weighted by molar-refractivity contribution is -0.134. The molecule has 0 atom stereocenters. The van der Waals surface area contributed by atoms with Gasteiger partial charge in [-0.2, -0.15) is 0 Å². The molecule has 1 aliphatic rings. The highest BCUT2D eigenvalue weighted by atomic mass is 35.5. The summed E-state index contributed by atoms with van der Waals surface area (Å²) in [7, 11) is 1.83. The van der Waals surface area contributed by atoms with Crippen molar-refractivity contribution in [2.24, 2.45) is 0 Å². The molecular weight excluding hydrogens is 295 g/mol. The number of piperidine rings is 1. The van der Waals surface area contributed by atoms with E-state index in [4.69, 9.17) is 11.6 Å². The minimum absolute atomic E-state index is 0.0441. The van der Waals surface area contributed by atoms with Crippen LogP contribution in [-0.2, 0) is 11.3 Å². The zero-order valence-corrected chi connectivity index (χ0v) is 12.8. The van der Waals surface area contributed by atoms with Gasteiger partial charge in [-0.3, -0.25) is 9.69 Å². The van der Waals surface area contributed by atoms with Crippen LogP contribution in [0.1, 0.15) is 18.4 Å². The Bertz CT molecular complexity index is 504. The molecular formula is C15H20ClFN2O2. The first-order valence-electron chi connectivity index (χ1n) is 7.04. The number of nitrogens with zero attached hydrogens (tertiary/aromatic N) is 2. The monoisotopic (exact) mass is 314 g/mol. The van der Waals surface area contributed by atoms with Crippen LogP contribution in [-0.4, -0.2) is 53.6 Å². The Morgan fingerprint density at radius 2 is 2.14 bits per heavy atom. The van der Waals surface area contributed by atoms with Crippen molar-refractivity contribution in [2.75, 3.05) is 26.7 Å². The van der Waals surface area contributed by atoms with Gasteiger partial charge in [0.1, 0.15) is 5.82 Å². The van der Waals surface area contributed by atoms with E-state index in [0.29, 0.717) is 37.5 Å². The first-order chi connectivity index (χ1) is 9.95. The largest absolute Gasteiger partial charge is 0.393 e. The molecule has 0 aliphatic carbocycles. The third-order valence-electron chi connectivity index (χ3n) is 3.68. The highest BCUT2D eigenvalue weighted by Gasteiger charge is 2.22. The van der Waals surface area contributed by atoms with Crippen LogP contribution >= 0.6 is 11.6 Å². The van der Waals surface area contributed by atoms with Crippen LogP contribution in [0.4, 0.5) is 4.39 Å². The standard InChI is InChI=1S/C15H20ClFN2O2/c1-18(9-11-2-3-12(17)8-14(11)16)10-15(21)19-6-4-13(20)5-7-19/h2-3,8,13,20H,4-7,9-10H2,1H3. The van der Waals surface area contributed by atoms with E-state index in [9.17, 15) is 14.3 Å². The van der Waals surface area contributed by atoms with Gasteiger partial charge >= 0.3 is 0 Å². The summed E-state index contributed by atoms with van der Waals surface area (Å²) in [6, 6.07) is 4.28. The van der Waals surface area contributed by atoms with Gasteiger partial charge in [0.2, 0.25) is 5.91 Å². The van der Waals surface area contributed by atoms with Crippen molar-refractivity contribution in [1.29, 1.82) is 0 Å². The van der Waals surface area contributed by atoms with Gasteiger partial charge in [-0.15, -0.1) is 0 Å². The molecule has 1 fully saturated rings. The number of amides is 1. The first-order valence-corrected chi connectivity index (χ1v) is 7.42. The molecule has 0 aromatic heterocycles. The maximum atomic E-state index is 13.0. The molecule has 0 saturated carbocycles. The third kappa shape index (κ3) is 4.66. The van der Waals surface area contributed by atoms with Gasteiger partial charge in [0.05, 0.1) is 12.6 Å². The summed E-state index contributed by atoms with van der Waals surface area (Å²) in [4.78, 5) is 15.8. The molecule has 116 valence electrons. The molecule has 1 saturated heterocycles. The van der Waals surface area contributed by atoms with Crippen molar-refractivity contribution in [3.05, 3.63) is 34.6 Å². The number of halogens is 2. The highest BCUT2D eigenvalue weighted by molar-refractivity contribution is 6.31. The van der Waals surface area contributed by atoms with Gasteiger partial charge in [0, 0.05) is 24.7 Å². The Kier molecular flexibility index (Phi) is 5.56. The van der Waals surface area contributed by atoms with Gasteiger partial charge < -0.3 is 10.0 Å². The van der Waals surface area contributed by atoms with Gasteiger partial charge in [0.25, 0.3) is 0 Å². The number of hydrogen-bond donors (Lipinski definition) is 1. The van der Waals surface area contributed by atoms with Crippen molar-refractivity contribution < 1.29 is 14.3 Å². The Morgan fingerprint density at radius 1 is 1.48 bits per heavy atom. The van der Waals surface area contributed by atoms with E-state index in [1.54, 1.807) is 11.0 Å². The van der Waals surface area contributed by atoms with E-state index in [1.807, 2.05) is 11.9 Å². The molecule has 0 spiro atoms. The molecule has 1 aromatic carbocycles. The minimum Gasteiger partial charge on any atom is -0.393 e. The van der Waals surface area contributed by atoms with E-state index in [1.165, 1.54) is 12.1 Å². The first kappa shape index (κ1) is 16.2. The van der Waals surface area contributed by atoms with Crippen LogP contribution in [0.25, 0.3) is 0 Å². The lowest BCUT2D eigenvalue weighted by Crippen LogP contribution is -2.44. The Balaban J connectivity index is 1.86. The number of likely N-dealkylation sites (N-methyl/N-ethyl adjacent to an activating group) is 1. The van der Waals surface area contributed by atoms with Crippen LogP contribution in [0.5, 0.6) is 0 Å². The predicted molar refractivity (Wildman–Crippen MR) is 79.6 cm³/mol. The molecule has 1 aromatic rings. The van der Waals surface area contributed by atoms with Crippen LogP contribution in [0, 0.1) is 5.82 Å². The molecule has 1 aliphatic heterocycles. The number of rotatable bonds is 4. The molecule has 6 heteroatoms. The summed E-state index contributed by atoms with van der Waals surface area (Å²) < 4.78 is 13.0. The van der Waals surface area contributed by atoms with Gasteiger partial charge in [-0.05, 0) is 37.6 Å². The molecule has 1 N–H and O–H groups in total. The van der Waals surface area contributed by atoms with Gasteiger partial charge in [-0.25, -0.2) is 4.39 Å². The van der Waals surface area contributed by atoms with Crippen LogP contribution in [0.15, 0.2) is 18.2 Å². The number of aliphatic hydroxyl groups is 1. The highest BCUT2D eigenvalue weighted by Crippen LogP contribution is 2.18. The summed E-state index contributed by atoms with van der Waals surface area (Å²) in [5.41, 5.74) is 0.794. The summed E-state index contributed by atoms with van der Waals surface area (Å²) in [5.74, 6) is -0.322. The SMILES string of the molecule is CN(CC(=O)N1CCC(O)CC1)Cc1ccc(F)cc1Cl. The fourth-order valence-corrected chi connectivity index (χ4v) is 2.67. The van der Waals surface area contributed by atoms with E-state index in [-0.39, 0.29) is 24.4 Å². The van der Waals surface area contributed by atoms with Crippen LogP contribution < -0.4 is 0 Å². The lowest BCUT2D eigenvalue weighted by Gasteiger charge is -2.31. The van der Waals surface area contributed by atoms with Gasteiger partial charge in [0.15, 0.2) is 0 Å². The molecule has 0 unspecified atom stereocenters. The molecule has 0 bridgehead atoms. The molecule has 21 heavy (non-hydrogen) atoms.